The number of pyridine rings is 1. The summed E-state index contributed by atoms with van der Waals surface area (Å²) in [6, 6.07) is 19.2. The fourth-order valence-corrected chi connectivity index (χ4v) is 2.99. The molecule has 0 bridgehead atoms. The smallest absolute Gasteiger partial charge is 0.282 e. The Morgan fingerprint density at radius 1 is 1.08 bits per heavy atom. The highest BCUT2D eigenvalue weighted by Crippen LogP contribution is 2.22. The second-order valence-electron chi connectivity index (χ2n) is 6.20. The van der Waals surface area contributed by atoms with Gasteiger partial charge in [0.2, 0.25) is 0 Å². The van der Waals surface area contributed by atoms with E-state index in [0.717, 1.165) is 35.1 Å². The van der Waals surface area contributed by atoms with Crippen LogP contribution in [0.1, 0.15) is 12.0 Å². The van der Waals surface area contributed by atoms with Crippen molar-refractivity contribution in [2.24, 2.45) is 10.7 Å². The van der Waals surface area contributed by atoms with Crippen LogP contribution in [0.3, 0.4) is 0 Å². The van der Waals surface area contributed by atoms with E-state index in [4.69, 9.17) is 10.5 Å². The van der Waals surface area contributed by atoms with Crippen molar-refractivity contribution in [2.45, 2.75) is 18.9 Å². The van der Waals surface area contributed by atoms with Gasteiger partial charge in [-0.25, -0.2) is 4.99 Å². The van der Waals surface area contributed by atoms with Gasteiger partial charge in [-0.05, 0) is 54.8 Å². The van der Waals surface area contributed by atoms with Crippen LogP contribution in [0.5, 0.6) is 0 Å². The number of amidine groups is 1. The zero-order valence-electron chi connectivity index (χ0n) is 13.9. The van der Waals surface area contributed by atoms with Crippen LogP contribution in [0, 0.1) is 0 Å². The average molecular weight is 332 g/mol. The molecule has 5 heteroatoms. The van der Waals surface area contributed by atoms with E-state index in [1.54, 1.807) is 0 Å². The lowest BCUT2D eigenvalue weighted by Crippen LogP contribution is -2.10. The second-order valence-corrected chi connectivity index (χ2v) is 6.20. The minimum absolute atomic E-state index is 0.184. The molecule has 4 rings (SSSR count). The van der Waals surface area contributed by atoms with Crippen LogP contribution < -0.4 is 11.1 Å². The molecule has 3 N–H and O–H groups in total. The number of nitrogens with two attached hydrogens (primary N) is 1. The number of fused-ring (bicyclic) bond motifs is 1. The number of aryl methyl sites for hydroxylation is 1. The van der Waals surface area contributed by atoms with Crippen LogP contribution in [-0.2, 0) is 11.2 Å². The van der Waals surface area contributed by atoms with E-state index in [9.17, 15) is 0 Å². The first-order valence-electron chi connectivity index (χ1n) is 8.43. The van der Waals surface area contributed by atoms with Gasteiger partial charge in [0.05, 0.1) is 11.6 Å². The Balaban J connectivity index is 1.39. The first-order valence-corrected chi connectivity index (χ1v) is 8.43. The fourth-order valence-electron chi connectivity index (χ4n) is 2.99. The molecule has 1 aliphatic heterocycles. The van der Waals surface area contributed by atoms with Gasteiger partial charge in [0, 0.05) is 23.0 Å². The topological polar surface area (TPSA) is 72.5 Å². The molecular formula is C20H20N4O. The highest BCUT2D eigenvalue weighted by atomic mass is 16.5. The Bertz CT molecular complexity index is 905. The van der Waals surface area contributed by atoms with Gasteiger partial charge in [0.1, 0.15) is 6.61 Å². The number of nitrogens with one attached hydrogen (secondary N) is 1. The highest BCUT2D eigenvalue weighted by Gasteiger charge is 2.16. The third-order valence-electron chi connectivity index (χ3n) is 4.35. The standard InChI is InChI=1S/C20H20N4O/c21-20-24-18(13-25-20)8-5-14-3-6-16(7-4-14)23-17-9-10-19-15(12-17)2-1-11-22-19/h1-4,6-7,9-12,18,23H,5,8,13H2,(H2,21,24)/t18-/m0/s1. The summed E-state index contributed by atoms with van der Waals surface area (Å²) >= 11 is 0. The molecule has 0 saturated heterocycles. The number of hydrogen-bond donors (Lipinski definition) is 2. The third kappa shape index (κ3) is 3.71. The van der Waals surface area contributed by atoms with E-state index in [-0.39, 0.29) is 6.04 Å². The van der Waals surface area contributed by atoms with Crippen molar-refractivity contribution in [2.75, 3.05) is 11.9 Å². The second kappa shape index (κ2) is 6.81. The average Bonchev–Trinajstić information content (AvgIpc) is 3.06. The summed E-state index contributed by atoms with van der Waals surface area (Å²) < 4.78 is 5.18. The Kier molecular flexibility index (Phi) is 4.21. The van der Waals surface area contributed by atoms with Gasteiger partial charge in [-0.3, -0.25) is 4.98 Å². The maximum atomic E-state index is 5.54. The molecule has 1 atom stereocenters. The molecule has 1 aliphatic rings. The van der Waals surface area contributed by atoms with Crippen LogP contribution in [-0.4, -0.2) is 23.7 Å². The molecule has 0 radical (unpaired) electrons. The summed E-state index contributed by atoms with van der Waals surface area (Å²) in [5.41, 5.74) is 9.95. The van der Waals surface area contributed by atoms with Crippen LogP contribution >= 0.6 is 0 Å². The van der Waals surface area contributed by atoms with E-state index in [0.29, 0.717) is 12.6 Å². The number of hydrogen-bond acceptors (Lipinski definition) is 5. The number of rotatable bonds is 5. The number of anilines is 2. The van der Waals surface area contributed by atoms with Gasteiger partial charge < -0.3 is 15.8 Å². The van der Waals surface area contributed by atoms with Crippen molar-refractivity contribution in [1.29, 1.82) is 0 Å². The van der Waals surface area contributed by atoms with Crippen molar-refractivity contribution in [3.8, 4) is 0 Å². The molecule has 0 amide bonds. The minimum Gasteiger partial charge on any atom is -0.463 e. The molecule has 126 valence electrons. The monoisotopic (exact) mass is 332 g/mol. The highest BCUT2D eigenvalue weighted by molar-refractivity contribution is 5.83. The summed E-state index contributed by atoms with van der Waals surface area (Å²) in [7, 11) is 0. The largest absolute Gasteiger partial charge is 0.463 e. The van der Waals surface area contributed by atoms with E-state index >= 15 is 0 Å². The summed E-state index contributed by atoms with van der Waals surface area (Å²) in [6.45, 7) is 0.599. The van der Waals surface area contributed by atoms with Gasteiger partial charge in [-0.1, -0.05) is 18.2 Å². The number of ether oxygens (including phenoxy) is 1. The maximum absolute atomic E-state index is 5.54. The van der Waals surface area contributed by atoms with E-state index < -0.39 is 0 Å². The number of aromatic nitrogens is 1. The number of benzene rings is 2. The van der Waals surface area contributed by atoms with Gasteiger partial charge in [-0.15, -0.1) is 0 Å². The van der Waals surface area contributed by atoms with Crippen LogP contribution in [0.25, 0.3) is 10.9 Å². The Labute approximate surface area is 146 Å². The quantitative estimate of drug-likeness (QED) is 0.748. The van der Waals surface area contributed by atoms with Crippen LogP contribution in [0.15, 0.2) is 65.8 Å². The maximum Gasteiger partial charge on any atom is 0.282 e. The molecule has 0 saturated carbocycles. The lowest BCUT2D eigenvalue weighted by Gasteiger charge is -2.09. The van der Waals surface area contributed by atoms with Crippen molar-refractivity contribution in [3.05, 3.63) is 66.4 Å². The van der Waals surface area contributed by atoms with Crippen molar-refractivity contribution >= 4 is 28.3 Å². The van der Waals surface area contributed by atoms with Gasteiger partial charge in [0.15, 0.2) is 0 Å². The van der Waals surface area contributed by atoms with Crippen molar-refractivity contribution in [1.82, 2.24) is 4.98 Å². The first kappa shape index (κ1) is 15.4. The summed E-state index contributed by atoms with van der Waals surface area (Å²) in [6.07, 6.45) is 3.73. The third-order valence-corrected chi connectivity index (χ3v) is 4.35. The van der Waals surface area contributed by atoms with E-state index in [1.807, 2.05) is 24.4 Å². The van der Waals surface area contributed by atoms with Gasteiger partial charge >= 0.3 is 0 Å². The molecule has 5 nitrogen and oxygen atoms in total. The lowest BCUT2D eigenvalue weighted by atomic mass is 10.1. The Morgan fingerprint density at radius 3 is 2.72 bits per heavy atom. The van der Waals surface area contributed by atoms with Gasteiger partial charge in [0.25, 0.3) is 6.02 Å². The number of aliphatic imine (C=N–C) groups is 1. The molecule has 0 spiro atoms. The summed E-state index contributed by atoms with van der Waals surface area (Å²) in [5, 5.41) is 4.57. The zero-order chi connectivity index (χ0) is 17.1. The van der Waals surface area contributed by atoms with Crippen LogP contribution in [0.2, 0.25) is 0 Å². The van der Waals surface area contributed by atoms with Gasteiger partial charge in [-0.2, -0.15) is 0 Å². The molecule has 0 fully saturated rings. The predicted molar refractivity (Wildman–Crippen MR) is 101 cm³/mol. The van der Waals surface area contributed by atoms with Crippen molar-refractivity contribution in [3.63, 3.8) is 0 Å². The molecule has 2 aromatic carbocycles. The Morgan fingerprint density at radius 2 is 1.92 bits per heavy atom. The fraction of sp³-hybridized carbons (Fsp3) is 0.200. The lowest BCUT2D eigenvalue weighted by molar-refractivity contribution is 0.308. The molecule has 1 aromatic heterocycles. The first-order chi connectivity index (χ1) is 12.3. The summed E-state index contributed by atoms with van der Waals surface area (Å²) in [5.74, 6) is 0. The van der Waals surface area contributed by atoms with Crippen molar-refractivity contribution < 1.29 is 4.74 Å². The molecule has 2 heterocycles. The predicted octanol–water partition coefficient (Wildman–Crippen LogP) is 3.62. The normalized spacial score (nSPS) is 16.5. The van der Waals surface area contributed by atoms with Crippen LogP contribution in [0.4, 0.5) is 11.4 Å². The molecule has 25 heavy (non-hydrogen) atoms. The molecular weight excluding hydrogens is 312 g/mol. The van der Waals surface area contributed by atoms with E-state index in [2.05, 4.69) is 51.7 Å². The SMILES string of the molecule is NC1=N[C@@H](CCc2ccc(Nc3ccc4ncccc4c3)cc2)CO1. The molecule has 3 aromatic rings. The summed E-state index contributed by atoms with van der Waals surface area (Å²) in [4.78, 5) is 8.60. The Hall–Kier alpha value is -3.08. The molecule has 0 unspecified atom stereocenters. The molecule has 0 aliphatic carbocycles. The minimum atomic E-state index is 0.184. The number of nitrogens with zero attached hydrogens (tertiary/aromatic N) is 2. The van der Waals surface area contributed by atoms with E-state index in [1.165, 1.54) is 5.56 Å². The zero-order valence-corrected chi connectivity index (χ0v) is 13.9.